The van der Waals surface area contributed by atoms with Crippen LogP contribution in [0.25, 0.3) is 0 Å². The van der Waals surface area contributed by atoms with Crippen molar-refractivity contribution in [3.8, 4) is 0 Å². The quantitative estimate of drug-likeness (QED) is 0.560. The normalized spacial score (nSPS) is 14.3. The fourth-order valence-electron chi connectivity index (χ4n) is 2.52. The van der Waals surface area contributed by atoms with Crippen LogP contribution in [0.5, 0.6) is 0 Å². The van der Waals surface area contributed by atoms with E-state index in [0.717, 1.165) is 12.8 Å². The Morgan fingerprint density at radius 2 is 1.91 bits per heavy atom. The van der Waals surface area contributed by atoms with E-state index < -0.39 is 19.2 Å². The molecule has 2 unspecified atom stereocenters. The Labute approximate surface area is 134 Å². The van der Waals surface area contributed by atoms with E-state index in [0.29, 0.717) is 12.0 Å². The van der Waals surface area contributed by atoms with Gasteiger partial charge in [-0.25, -0.2) is 4.79 Å². The van der Waals surface area contributed by atoms with Gasteiger partial charge in [-0.3, -0.25) is 0 Å². The summed E-state index contributed by atoms with van der Waals surface area (Å²) in [5.74, 6) is -1.24. The third-order valence-corrected chi connectivity index (χ3v) is 5.82. The van der Waals surface area contributed by atoms with Gasteiger partial charge in [0.1, 0.15) is 0 Å². The lowest BCUT2D eigenvalue weighted by Crippen LogP contribution is -2.32. The predicted molar refractivity (Wildman–Crippen MR) is 87.5 cm³/mol. The van der Waals surface area contributed by atoms with Crippen LogP contribution in [0.4, 0.5) is 0 Å². The topological polar surface area (TPSA) is 74.6 Å². The Morgan fingerprint density at radius 3 is 2.45 bits per heavy atom. The molecule has 0 aliphatic rings. The average Bonchev–Trinajstić information content (AvgIpc) is 3.01. The smallest absolute Gasteiger partial charge is 0.477 e. The number of hydrogen-bond donors (Lipinski definition) is 2. The number of carbonyl (C=O) groups is 1. The zero-order valence-electron chi connectivity index (χ0n) is 12.0. The minimum Gasteiger partial charge on any atom is -0.477 e. The molecule has 2 aromatic rings. The number of benzene rings is 1. The summed E-state index contributed by atoms with van der Waals surface area (Å²) in [4.78, 5) is 21.4. The summed E-state index contributed by atoms with van der Waals surface area (Å²) in [7, 11) is -2.87. The van der Waals surface area contributed by atoms with Gasteiger partial charge in [0, 0.05) is 12.0 Å². The summed E-state index contributed by atoms with van der Waals surface area (Å²) in [5.41, 5.74) is 1.61. The molecule has 0 fully saturated rings. The van der Waals surface area contributed by atoms with Gasteiger partial charge in [0.2, 0.25) is 0 Å². The van der Waals surface area contributed by atoms with Crippen molar-refractivity contribution in [1.82, 2.24) is 0 Å². The number of unbranched alkanes of at least 4 members (excludes halogenated alkanes) is 1. The number of thiophene rings is 1. The van der Waals surface area contributed by atoms with E-state index >= 15 is 0 Å². The molecule has 22 heavy (non-hydrogen) atoms. The summed E-state index contributed by atoms with van der Waals surface area (Å²) in [5, 5.41) is 11.9. The molecule has 4 nitrogen and oxygen atoms in total. The summed E-state index contributed by atoms with van der Waals surface area (Å²) in [6.45, 7) is 0. The highest BCUT2D eigenvalue weighted by Crippen LogP contribution is 2.48. The first kappa shape index (κ1) is 16.8. The lowest BCUT2D eigenvalue weighted by atomic mass is 9.91. The van der Waals surface area contributed by atoms with Gasteiger partial charge in [0.15, 0.2) is 0 Å². The third kappa shape index (κ3) is 3.61. The van der Waals surface area contributed by atoms with Crippen molar-refractivity contribution in [3.63, 3.8) is 0 Å². The van der Waals surface area contributed by atoms with Crippen LogP contribution in [0.3, 0.4) is 0 Å². The molecule has 2 atom stereocenters. The number of carboxylic acid groups (broad SMARTS) is 1. The second kappa shape index (κ2) is 7.63. The second-order valence-electron chi connectivity index (χ2n) is 5.14. The molecular weight excluding hydrogens is 319 g/mol. The third-order valence-electron chi connectivity index (χ3n) is 3.77. The van der Waals surface area contributed by atoms with Crippen LogP contribution in [-0.4, -0.2) is 16.0 Å². The Morgan fingerprint density at radius 1 is 1.18 bits per heavy atom. The Bertz CT molecular complexity index is 611. The van der Waals surface area contributed by atoms with E-state index in [1.54, 1.807) is 41.7 Å². The Kier molecular flexibility index (Phi) is 5.83. The SMILES string of the molecule is O=C(O)C(CCCCc1ccsc1)(c1ccccc1)[P+](=O)O. The lowest BCUT2D eigenvalue weighted by Gasteiger charge is -2.17. The molecule has 2 rings (SSSR count). The van der Waals surface area contributed by atoms with E-state index in [-0.39, 0.29) is 6.42 Å². The van der Waals surface area contributed by atoms with Crippen LogP contribution < -0.4 is 0 Å². The standard InChI is InChI=1S/C16H17O4PS/c17-15(18)16(21(19)20,14-7-2-1-3-8-14)10-5-4-6-13-9-11-22-12-13/h1-3,7-9,11-12H,4-6,10H2,(H-,17,18,19,20)/p+1. The van der Waals surface area contributed by atoms with Gasteiger partial charge in [-0.1, -0.05) is 30.3 Å². The van der Waals surface area contributed by atoms with Crippen molar-refractivity contribution < 1.29 is 19.4 Å². The van der Waals surface area contributed by atoms with Crippen LogP contribution in [0, 0.1) is 0 Å². The molecule has 116 valence electrons. The van der Waals surface area contributed by atoms with Crippen LogP contribution in [0.2, 0.25) is 0 Å². The Balaban J connectivity index is 2.11. The summed E-state index contributed by atoms with van der Waals surface area (Å²) in [6, 6.07) is 10.4. The molecule has 1 aromatic heterocycles. The molecule has 0 bridgehead atoms. The minimum absolute atomic E-state index is 0.155. The van der Waals surface area contributed by atoms with Gasteiger partial charge in [0.25, 0.3) is 0 Å². The fourth-order valence-corrected chi connectivity index (χ4v) is 4.11. The molecule has 0 spiro atoms. The van der Waals surface area contributed by atoms with Crippen LogP contribution in [0.15, 0.2) is 47.2 Å². The monoisotopic (exact) mass is 337 g/mol. The predicted octanol–water partition coefficient (Wildman–Crippen LogP) is 4.18. The molecule has 0 saturated carbocycles. The number of hydrogen-bond acceptors (Lipinski definition) is 3. The molecule has 1 heterocycles. The molecule has 0 radical (unpaired) electrons. The van der Waals surface area contributed by atoms with Crippen LogP contribution in [0.1, 0.15) is 30.4 Å². The zero-order chi connectivity index (χ0) is 16.0. The van der Waals surface area contributed by atoms with Crippen molar-refractivity contribution >= 4 is 25.3 Å². The zero-order valence-corrected chi connectivity index (χ0v) is 13.7. The first-order valence-corrected chi connectivity index (χ1v) is 9.19. The highest BCUT2D eigenvalue weighted by molar-refractivity contribution is 7.41. The molecule has 6 heteroatoms. The first-order valence-electron chi connectivity index (χ1n) is 7.03. The van der Waals surface area contributed by atoms with E-state index in [2.05, 4.69) is 5.38 Å². The van der Waals surface area contributed by atoms with Crippen molar-refractivity contribution in [1.29, 1.82) is 0 Å². The highest BCUT2D eigenvalue weighted by Gasteiger charge is 2.57. The van der Waals surface area contributed by atoms with Crippen molar-refractivity contribution in [2.24, 2.45) is 0 Å². The Hall–Kier alpha value is -1.55. The largest absolute Gasteiger partial charge is 0.528 e. The van der Waals surface area contributed by atoms with Gasteiger partial charge in [-0.15, -0.1) is 0 Å². The number of carboxylic acids is 1. The van der Waals surface area contributed by atoms with E-state index in [1.165, 1.54) is 5.56 Å². The molecule has 2 N–H and O–H groups in total. The molecule has 1 aromatic carbocycles. The summed E-state index contributed by atoms with van der Waals surface area (Å²) >= 11 is 1.63. The molecule has 0 saturated heterocycles. The van der Waals surface area contributed by atoms with E-state index in [1.807, 2.05) is 11.4 Å². The number of aryl methyl sites for hydroxylation is 1. The van der Waals surface area contributed by atoms with E-state index in [4.69, 9.17) is 0 Å². The van der Waals surface area contributed by atoms with Gasteiger partial charge < -0.3 is 5.11 Å². The lowest BCUT2D eigenvalue weighted by molar-refractivity contribution is -0.140. The highest BCUT2D eigenvalue weighted by atomic mass is 32.1. The van der Waals surface area contributed by atoms with Gasteiger partial charge in [-0.05, 0) is 46.2 Å². The van der Waals surface area contributed by atoms with Crippen molar-refractivity contribution in [2.45, 2.75) is 30.8 Å². The van der Waals surface area contributed by atoms with Gasteiger partial charge >= 0.3 is 19.2 Å². The maximum absolute atomic E-state index is 11.9. The van der Waals surface area contributed by atoms with Crippen molar-refractivity contribution in [3.05, 3.63) is 58.3 Å². The summed E-state index contributed by atoms with van der Waals surface area (Å²) in [6.07, 6.45) is 2.39. The fraction of sp³-hybridized carbons (Fsp3) is 0.312. The van der Waals surface area contributed by atoms with E-state index in [9.17, 15) is 19.4 Å². The molecule has 0 aliphatic carbocycles. The molecule has 0 amide bonds. The maximum atomic E-state index is 11.9. The van der Waals surface area contributed by atoms with Crippen LogP contribution >= 0.6 is 19.4 Å². The maximum Gasteiger partial charge on any atom is 0.528 e. The second-order valence-corrected chi connectivity index (χ2v) is 7.23. The van der Waals surface area contributed by atoms with Gasteiger partial charge in [-0.2, -0.15) is 16.2 Å². The molecular formula is C16H18O4PS+. The summed E-state index contributed by atoms with van der Waals surface area (Å²) < 4.78 is 11.9. The van der Waals surface area contributed by atoms with Crippen molar-refractivity contribution in [2.75, 3.05) is 0 Å². The number of rotatable bonds is 8. The van der Waals surface area contributed by atoms with Crippen LogP contribution in [-0.2, 0) is 20.9 Å². The molecule has 0 aliphatic heterocycles. The minimum atomic E-state index is -2.87. The number of aliphatic carboxylic acids is 1. The van der Waals surface area contributed by atoms with Gasteiger partial charge in [0.05, 0.1) is 0 Å². The average molecular weight is 337 g/mol. The first-order chi connectivity index (χ1) is 10.6.